The lowest BCUT2D eigenvalue weighted by Crippen LogP contribution is -2.57. The molecule has 3 heterocycles. The highest BCUT2D eigenvalue weighted by atomic mass is 16.6. The van der Waals surface area contributed by atoms with Crippen molar-refractivity contribution in [2.75, 3.05) is 49.2 Å². The Morgan fingerprint density at radius 2 is 1.83 bits per heavy atom. The Kier molecular flexibility index (Phi) is 9.29. The fraction of sp³-hybridized carbons (Fsp3) is 0.594. The zero-order valence-corrected chi connectivity index (χ0v) is 24.9. The minimum atomic E-state index is -1.18. The molecular weight excluding hydrogens is 522 g/mol. The predicted molar refractivity (Wildman–Crippen MR) is 159 cm³/mol. The summed E-state index contributed by atoms with van der Waals surface area (Å²) in [6.45, 7) is 17.8. The van der Waals surface area contributed by atoms with E-state index < -0.39 is 35.0 Å². The standard InChI is InChI=1S/C32H45N3O6/c1-7-11-20-40-30(39)26-25-28(37)35(18-12-19-36)27(32(25)21-22(5)31(26,6)41-32)29(38)34(17-8-2)24-15-13-23(14-16-24)33(9-3)10-4/h7-8,13-16,22,25-27,36H,1-2,9-12,17-21H2,3-6H3/t22?,25-,26-,27?,31+,32?/m0/s1. The molecule has 0 saturated carbocycles. The summed E-state index contributed by atoms with van der Waals surface area (Å²) in [5.41, 5.74) is -0.378. The third-order valence-electron chi connectivity index (χ3n) is 9.29. The van der Waals surface area contributed by atoms with Crippen molar-refractivity contribution >= 4 is 29.2 Å². The van der Waals surface area contributed by atoms with Crippen LogP contribution in [0.5, 0.6) is 0 Å². The van der Waals surface area contributed by atoms with Gasteiger partial charge in [0.2, 0.25) is 5.91 Å². The molecule has 2 bridgehead atoms. The Balaban J connectivity index is 1.75. The van der Waals surface area contributed by atoms with E-state index in [1.54, 1.807) is 17.1 Å². The summed E-state index contributed by atoms with van der Waals surface area (Å²) < 4.78 is 12.3. The number of benzene rings is 1. The summed E-state index contributed by atoms with van der Waals surface area (Å²) >= 11 is 0. The van der Waals surface area contributed by atoms with E-state index in [0.29, 0.717) is 24.9 Å². The number of hydrogen-bond acceptors (Lipinski definition) is 7. The summed E-state index contributed by atoms with van der Waals surface area (Å²) in [4.78, 5) is 47.6. The first-order valence-electron chi connectivity index (χ1n) is 14.8. The molecule has 3 aliphatic heterocycles. The number of ether oxygens (including phenoxy) is 2. The third kappa shape index (κ3) is 5.07. The molecule has 41 heavy (non-hydrogen) atoms. The number of esters is 1. The van der Waals surface area contributed by atoms with E-state index in [-0.39, 0.29) is 44.0 Å². The van der Waals surface area contributed by atoms with E-state index in [1.165, 1.54) is 4.90 Å². The Labute approximate surface area is 243 Å². The Bertz CT molecular complexity index is 1150. The first-order chi connectivity index (χ1) is 19.6. The SMILES string of the molecule is C=CCCOC(=O)[C@@H]1[C@H]2C(=O)N(CCCO)C(C(=O)N(CC=C)c3ccc(N(CC)CC)cc3)C23CC(C)[C@@]1(C)O3. The second kappa shape index (κ2) is 12.4. The summed E-state index contributed by atoms with van der Waals surface area (Å²) in [6, 6.07) is 6.85. The van der Waals surface area contributed by atoms with Crippen molar-refractivity contribution in [3.63, 3.8) is 0 Å². The number of hydrogen-bond donors (Lipinski definition) is 1. The second-order valence-corrected chi connectivity index (χ2v) is 11.5. The van der Waals surface area contributed by atoms with E-state index in [0.717, 1.165) is 18.8 Å². The first kappa shape index (κ1) is 30.8. The van der Waals surface area contributed by atoms with Crippen molar-refractivity contribution in [3.8, 4) is 0 Å². The van der Waals surface area contributed by atoms with Gasteiger partial charge in [-0.25, -0.2) is 0 Å². The maximum Gasteiger partial charge on any atom is 0.312 e. The van der Waals surface area contributed by atoms with Gasteiger partial charge < -0.3 is 29.3 Å². The van der Waals surface area contributed by atoms with Crippen molar-refractivity contribution in [1.82, 2.24) is 4.90 Å². The van der Waals surface area contributed by atoms with Gasteiger partial charge in [0.25, 0.3) is 5.91 Å². The number of carbonyl (C=O) groups excluding carboxylic acids is 3. The van der Waals surface area contributed by atoms with Crippen LogP contribution in [0.2, 0.25) is 0 Å². The summed E-state index contributed by atoms with van der Waals surface area (Å²) in [5.74, 6) is -2.83. The average Bonchev–Trinajstić information content (AvgIpc) is 3.47. The zero-order chi connectivity index (χ0) is 29.9. The normalized spacial score (nSPS) is 29.8. The number of amides is 2. The molecule has 3 unspecified atom stereocenters. The smallest absolute Gasteiger partial charge is 0.312 e. The second-order valence-electron chi connectivity index (χ2n) is 11.5. The Morgan fingerprint density at radius 3 is 2.41 bits per heavy atom. The quantitative estimate of drug-likeness (QED) is 0.209. The number of anilines is 2. The molecular formula is C32H45N3O6. The van der Waals surface area contributed by atoms with Crippen molar-refractivity contribution < 1.29 is 29.0 Å². The highest BCUT2D eigenvalue weighted by Gasteiger charge is 2.80. The lowest BCUT2D eigenvalue weighted by Gasteiger charge is -2.37. The summed E-state index contributed by atoms with van der Waals surface area (Å²) in [7, 11) is 0. The molecule has 1 spiro atoms. The number of likely N-dealkylation sites (tertiary alicyclic amines) is 1. The monoisotopic (exact) mass is 567 g/mol. The van der Waals surface area contributed by atoms with Gasteiger partial charge in [-0.3, -0.25) is 14.4 Å². The van der Waals surface area contributed by atoms with Gasteiger partial charge in [0.15, 0.2) is 0 Å². The van der Waals surface area contributed by atoms with Gasteiger partial charge in [-0.1, -0.05) is 19.1 Å². The first-order valence-corrected chi connectivity index (χ1v) is 14.8. The lowest BCUT2D eigenvalue weighted by molar-refractivity contribution is -0.161. The number of rotatable bonds is 14. The van der Waals surface area contributed by atoms with Gasteiger partial charge in [0.1, 0.15) is 17.6 Å². The fourth-order valence-electron chi connectivity index (χ4n) is 7.22. The van der Waals surface area contributed by atoms with Crippen LogP contribution in [0.3, 0.4) is 0 Å². The molecule has 6 atom stereocenters. The summed E-state index contributed by atoms with van der Waals surface area (Å²) in [6.07, 6.45) is 4.61. The van der Waals surface area contributed by atoms with Crippen molar-refractivity contribution in [2.24, 2.45) is 17.8 Å². The highest BCUT2D eigenvalue weighted by Crippen LogP contribution is 2.65. The van der Waals surface area contributed by atoms with E-state index in [4.69, 9.17) is 9.47 Å². The van der Waals surface area contributed by atoms with Gasteiger partial charge in [0.05, 0.1) is 18.1 Å². The van der Waals surface area contributed by atoms with Crippen molar-refractivity contribution in [3.05, 3.63) is 49.6 Å². The maximum atomic E-state index is 14.6. The predicted octanol–water partition coefficient (Wildman–Crippen LogP) is 3.56. The Hall–Kier alpha value is -3.17. The van der Waals surface area contributed by atoms with Crippen LogP contribution in [0.4, 0.5) is 11.4 Å². The van der Waals surface area contributed by atoms with E-state index >= 15 is 0 Å². The van der Waals surface area contributed by atoms with Gasteiger partial charge in [0, 0.05) is 44.2 Å². The Morgan fingerprint density at radius 1 is 1.17 bits per heavy atom. The molecule has 0 radical (unpaired) electrons. The zero-order valence-electron chi connectivity index (χ0n) is 24.9. The number of aliphatic hydroxyl groups is 1. The van der Waals surface area contributed by atoms with Crippen LogP contribution in [0.15, 0.2) is 49.6 Å². The minimum Gasteiger partial charge on any atom is -0.465 e. The maximum absolute atomic E-state index is 14.6. The molecule has 9 nitrogen and oxygen atoms in total. The number of nitrogens with zero attached hydrogens (tertiary/aromatic N) is 3. The molecule has 0 aromatic heterocycles. The van der Waals surface area contributed by atoms with Crippen LogP contribution in [0, 0.1) is 17.8 Å². The highest BCUT2D eigenvalue weighted by molar-refractivity contribution is 6.05. The molecule has 1 N–H and O–H groups in total. The van der Waals surface area contributed by atoms with Crippen LogP contribution < -0.4 is 9.80 Å². The average molecular weight is 568 g/mol. The number of aliphatic hydroxyl groups excluding tert-OH is 1. The fourth-order valence-corrected chi connectivity index (χ4v) is 7.22. The summed E-state index contributed by atoms with van der Waals surface area (Å²) in [5, 5.41) is 9.63. The molecule has 2 amide bonds. The molecule has 224 valence electrons. The topological polar surface area (TPSA) is 99.6 Å². The number of carbonyl (C=O) groups is 3. The van der Waals surface area contributed by atoms with Crippen LogP contribution in [-0.2, 0) is 23.9 Å². The largest absolute Gasteiger partial charge is 0.465 e. The van der Waals surface area contributed by atoms with E-state index in [1.807, 2.05) is 38.1 Å². The molecule has 9 heteroatoms. The van der Waals surface area contributed by atoms with E-state index in [2.05, 4.69) is 31.9 Å². The van der Waals surface area contributed by atoms with Gasteiger partial charge in [-0.05, 0) is 70.2 Å². The van der Waals surface area contributed by atoms with Gasteiger partial charge in [-0.15, -0.1) is 13.2 Å². The molecule has 3 saturated heterocycles. The van der Waals surface area contributed by atoms with Gasteiger partial charge in [-0.2, -0.15) is 0 Å². The molecule has 1 aromatic rings. The van der Waals surface area contributed by atoms with Gasteiger partial charge >= 0.3 is 5.97 Å². The molecule has 3 aliphatic rings. The lowest BCUT2D eigenvalue weighted by atomic mass is 9.62. The van der Waals surface area contributed by atoms with E-state index in [9.17, 15) is 19.5 Å². The molecule has 1 aromatic carbocycles. The molecule has 0 aliphatic carbocycles. The van der Waals surface area contributed by atoms with Crippen molar-refractivity contribution in [1.29, 1.82) is 0 Å². The van der Waals surface area contributed by atoms with Crippen LogP contribution in [-0.4, -0.2) is 84.4 Å². The van der Waals surface area contributed by atoms with Crippen molar-refractivity contribution in [2.45, 2.75) is 64.2 Å². The molecule has 4 rings (SSSR count). The molecule has 3 fully saturated rings. The van der Waals surface area contributed by atoms with Crippen LogP contribution >= 0.6 is 0 Å². The number of fused-ring (bicyclic) bond motifs is 1. The third-order valence-corrected chi connectivity index (χ3v) is 9.29. The van der Waals surface area contributed by atoms with Crippen LogP contribution in [0.25, 0.3) is 0 Å². The van der Waals surface area contributed by atoms with Crippen LogP contribution in [0.1, 0.15) is 47.0 Å². The minimum absolute atomic E-state index is 0.0854.